The fraction of sp³-hybridized carbons (Fsp3) is 0.471. The largest absolute Gasteiger partial charge is 0.368 e. The van der Waals surface area contributed by atoms with Crippen LogP contribution in [-0.4, -0.2) is 59.3 Å². The Morgan fingerprint density at radius 1 is 1.12 bits per heavy atom. The van der Waals surface area contributed by atoms with E-state index in [1.807, 2.05) is 24.3 Å². The van der Waals surface area contributed by atoms with Gasteiger partial charge >= 0.3 is 0 Å². The Morgan fingerprint density at radius 3 is 2.58 bits per heavy atom. The number of aromatic nitrogens is 3. The van der Waals surface area contributed by atoms with E-state index in [2.05, 4.69) is 37.2 Å². The van der Waals surface area contributed by atoms with Gasteiger partial charge in [-0.3, -0.25) is 0 Å². The van der Waals surface area contributed by atoms with Gasteiger partial charge in [-0.1, -0.05) is 30.7 Å². The average molecular weight is 347 g/mol. The van der Waals surface area contributed by atoms with Gasteiger partial charge in [0.1, 0.15) is 0 Å². The van der Waals surface area contributed by atoms with Gasteiger partial charge in [0.15, 0.2) is 5.82 Å². The first-order chi connectivity index (χ1) is 11.7. The molecule has 0 bridgehead atoms. The van der Waals surface area contributed by atoms with E-state index < -0.39 is 0 Å². The summed E-state index contributed by atoms with van der Waals surface area (Å²) in [6, 6.07) is 7.91. The fourth-order valence-corrected chi connectivity index (χ4v) is 2.89. The molecule has 0 radical (unpaired) electrons. The summed E-state index contributed by atoms with van der Waals surface area (Å²) < 4.78 is 0. The van der Waals surface area contributed by atoms with Crippen LogP contribution >= 0.6 is 11.6 Å². The van der Waals surface area contributed by atoms with E-state index in [0.717, 1.165) is 56.5 Å². The molecule has 3 rings (SSSR count). The molecule has 1 aromatic carbocycles. The number of piperazine rings is 1. The molecule has 0 atom stereocenters. The molecule has 6 nitrogen and oxygen atoms in total. The lowest BCUT2D eigenvalue weighted by Crippen LogP contribution is -2.46. The molecule has 1 saturated heterocycles. The van der Waals surface area contributed by atoms with Gasteiger partial charge in [0.25, 0.3) is 0 Å². The standard InChI is InChI=1S/C17H23ClN6/c1-2-23-9-11-24(12-10-23)17-21-16(13-20-22-17)19-8-7-14-3-5-15(18)6-4-14/h3-6,13H,2,7-12H2,1H3,(H,19,21,22). The maximum atomic E-state index is 5.90. The quantitative estimate of drug-likeness (QED) is 0.866. The molecule has 0 amide bonds. The molecular formula is C17H23ClN6. The molecule has 24 heavy (non-hydrogen) atoms. The van der Waals surface area contributed by atoms with Crippen molar-refractivity contribution in [3.63, 3.8) is 0 Å². The minimum atomic E-state index is 0.710. The Kier molecular flexibility index (Phi) is 5.82. The summed E-state index contributed by atoms with van der Waals surface area (Å²) in [6.45, 7) is 8.08. The van der Waals surface area contributed by atoms with Crippen LogP contribution in [0.15, 0.2) is 30.5 Å². The maximum absolute atomic E-state index is 5.90. The van der Waals surface area contributed by atoms with Crippen LogP contribution in [0.5, 0.6) is 0 Å². The summed E-state index contributed by atoms with van der Waals surface area (Å²) in [4.78, 5) is 9.22. The van der Waals surface area contributed by atoms with Crippen molar-refractivity contribution in [3.8, 4) is 0 Å². The molecule has 2 aromatic rings. The summed E-state index contributed by atoms with van der Waals surface area (Å²) in [6.07, 6.45) is 2.58. The number of rotatable bonds is 6. The van der Waals surface area contributed by atoms with Crippen molar-refractivity contribution in [3.05, 3.63) is 41.0 Å². The van der Waals surface area contributed by atoms with Crippen molar-refractivity contribution in [1.82, 2.24) is 20.1 Å². The molecule has 0 spiro atoms. The number of nitrogens with zero attached hydrogens (tertiary/aromatic N) is 5. The lowest BCUT2D eigenvalue weighted by molar-refractivity contribution is 0.269. The van der Waals surface area contributed by atoms with E-state index in [0.29, 0.717) is 5.95 Å². The van der Waals surface area contributed by atoms with Crippen LogP contribution in [-0.2, 0) is 6.42 Å². The number of hydrogen-bond donors (Lipinski definition) is 1. The third-order valence-electron chi connectivity index (χ3n) is 4.28. The summed E-state index contributed by atoms with van der Waals surface area (Å²) in [7, 11) is 0. The minimum Gasteiger partial charge on any atom is -0.368 e. The lowest BCUT2D eigenvalue weighted by Gasteiger charge is -2.33. The van der Waals surface area contributed by atoms with Crippen molar-refractivity contribution >= 4 is 23.4 Å². The highest BCUT2D eigenvalue weighted by Crippen LogP contribution is 2.13. The second-order valence-electron chi connectivity index (χ2n) is 5.87. The summed E-state index contributed by atoms with van der Waals surface area (Å²) in [5.41, 5.74) is 1.24. The predicted molar refractivity (Wildman–Crippen MR) is 97.8 cm³/mol. The Labute approximate surface area is 147 Å². The normalized spacial score (nSPS) is 15.5. The first kappa shape index (κ1) is 16.9. The van der Waals surface area contributed by atoms with Crippen LogP contribution in [0.25, 0.3) is 0 Å². The van der Waals surface area contributed by atoms with Crippen LogP contribution in [0.3, 0.4) is 0 Å². The summed E-state index contributed by atoms with van der Waals surface area (Å²) in [5.74, 6) is 1.48. The second kappa shape index (κ2) is 8.26. The lowest BCUT2D eigenvalue weighted by atomic mass is 10.1. The highest BCUT2D eigenvalue weighted by Gasteiger charge is 2.18. The number of likely N-dealkylation sites (N-methyl/N-ethyl adjacent to an activating group) is 1. The van der Waals surface area contributed by atoms with Gasteiger partial charge in [0.2, 0.25) is 5.95 Å². The summed E-state index contributed by atoms with van der Waals surface area (Å²) in [5, 5.41) is 12.4. The van der Waals surface area contributed by atoms with Gasteiger partial charge in [-0.2, -0.15) is 10.1 Å². The van der Waals surface area contributed by atoms with Crippen molar-refractivity contribution in [2.75, 3.05) is 49.5 Å². The first-order valence-electron chi connectivity index (χ1n) is 8.40. The van der Waals surface area contributed by atoms with Gasteiger partial charge < -0.3 is 15.1 Å². The molecule has 1 N–H and O–H groups in total. The molecule has 0 aliphatic carbocycles. The zero-order valence-electron chi connectivity index (χ0n) is 14.0. The fourth-order valence-electron chi connectivity index (χ4n) is 2.76. The zero-order valence-corrected chi connectivity index (χ0v) is 14.7. The maximum Gasteiger partial charge on any atom is 0.247 e. The number of nitrogens with one attached hydrogen (secondary N) is 1. The van der Waals surface area contributed by atoms with Crippen LogP contribution in [0.1, 0.15) is 12.5 Å². The van der Waals surface area contributed by atoms with E-state index in [1.54, 1.807) is 6.20 Å². The molecular weight excluding hydrogens is 324 g/mol. The monoisotopic (exact) mass is 346 g/mol. The SMILES string of the molecule is CCN1CCN(c2nncc(NCCc3ccc(Cl)cc3)n2)CC1. The van der Waals surface area contributed by atoms with Crippen LogP contribution < -0.4 is 10.2 Å². The van der Waals surface area contributed by atoms with Crippen LogP contribution in [0, 0.1) is 0 Å². The van der Waals surface area contributed by atoms with Gasteiger partial charge in [-0.15, -0.1) is 5.10 Å². The van der Waals surface area contributed by atoms with Crippen molar-refractivity contribution in [1.29, 1.82) is 0 Å². The molecule has 128 valence electrons. The number of benzene rings is 1. The number of anilines is 2. The third kappa shape index (κ3) is 4.55. The van der Waals surface area contributed by atoms with Gasteiger partial charge in [0, 0.05) is 37.7 Å². The highest BCUT2D eigenvalue weighted by atomic mass is 35.5. The minimum absolute atomic E-state index is 0.710. The number of halogens is 1. The number of hydrogen-bond acceptors (Lipinski definition) is 6. The molecule has 7 heteroatoms. The molecule has 1 fully saturated rings. The molecule has 0 saturated carbocycles. The Balaban J connectivity index is 1.52. The highest BCUT2D eigenvalue weighted by molar-refractivity contribution is 6.30. The first-order valence-corrected chi connectivity index (χ1v) is 8.77. The Morgan fingerprint density at radius 2 is 1.88 bits per heavy atom. The van der Waals surface area contributed by atoms with Crippen molar-refractivity contribution in [2.45, 2.75) is 13.3 Å². The Hall–Kier alpha value is -1.92. The Bertz CT molecular complexity index is 640. The van der Waals surface area contributed by atoms with E-state index >= 15 is 0 Å². The topological polar surface area (TPSA) is 57.2 Å². The predicted octanol–water partition coefficient (Wildman–Crippen LogP) is 2.32. The molecule has 1 aliphatic heterocycles. The van der Waals surface area contributed by atoms with Crippen molar-refractivity contribution < 1.29 is 0 Å². The van der Waals surface area contributed by atoms with Gasteiger partial charge in [0.05, 0.1) is 6.20 Å². The summed E-state index contributed by atoms with van der Waals surface area (Å²) >= 11 is 5.90. The van der Waals surface area contributed by atoms with E-state index in [4.69, 9.17) is 11.6 Å². The third-order valence-corrected chi connectivity index (χ3v) is 4.54. The van der Waals surface area contributed by atoms with Gasteiger partial charge in [-0.25, -0.2) is 0 Å². The van der Waals surface area contributed by atoms with Crippen molar-refractivity contribution in [2.24, 2.45) is 0 Å². The molecule has 2 heterocycles. The van der Waals surface area contributed by atoms with E-state index in [-0.39, 0.29) is 0 Å². The van der Waals surface area contributed by atoms with Crippen LogP contribution in [0.2, 0.25) is 5.02 Å². The average Bonchev–Trinajstić information content (AvgIpc) is 2.64. The van der Waals surface area contributed by atoms with E-state index in [9.17, 15) is 0 Å². The van der Waals surface area contributed by atoms with Gasteiger partial charge in [-0.05, 0) is 30.7 Å². The molecule has 1 aromatic heterocycles. The smallest absolute Gasteiger partial charge is 0.247 e. The van der Waals surface area contributed by atoms with E-state index in [1.165, 1.54) is 5.56 Å². The molecule has 1 aliphatic rings. The second-order valence-corrected chi connectivity index (χ2v) is 6.30. The van der Waals surface area contributed by atoms with Crippen LogP contribution in [0.4, 0.5) is 11.8 Å². The molecule has 0 unspecified atom stereocenters. The zero-order chi connectivity index (χ0) is 16.8.